The number of nitrogens with zero attached hydrogens (tertiary/aromatic N) is 3. The Morgan fingerprint density at radius 3 is 2.88 bits per heavy atom. The molecule has 3 aromatic rings. The minimum atomic E-state index is 0.884. The van der Waals surface area contributed by atoms with Gasteiger partial charge in [-0.2, -0.15) is 5.10 Å². The van der Waals surface area contributed by atoms with E-state index in [9.17, 15) is 0 Å². The van der Waals surface area contributed by atoms with E-state index in [1.807, 2.05) is 37.4 Å². The van der Waals surface area contributed by atoms with Gasteiger partial charge in [-0.1, -0.05) is 30.4 Å². The molecule has 24 heavy (non-hydrogen) atoms. The number of aromatic nitrogens is 4. The molecule has 0 atom stereocenters. The summed E-state index contributed by atoms with van der Waals surface area (Å²) >= 11 is 0. The van der Waals surface area contributed by atoms with E-state index in [1.54, 1.807) is 0 Å². The molecule has 3 aromatic heterocycles. The predicted octanol–water partition coefficient (Wildman–Crippen LogP) is 4.36. The van der Waals surface area contributed by atoms with Gasteiger partial charge in [0.05, 0.1) is 29.0 Å². The Labute approximate surface area is 141 Å². The largest absolute Gasteiger partial charge is 0.276 e. The van der Waals surface area contributed by atoms with Crippen molar-refractivity contribution in [2.24, 2.45) is 0 Å². The summed E-state index contributed by atoms with van der Waals surface area (Å²) in [6.45, 7) is 1.99. The van der Waals surface area contributed by atoms with Gasteiger partial charge in [-0.25, -0.2) is 4.98 Å². The summed E-state index contributed by atoms with van der Waals surface area (Å²) < 4.78 is 0. The van der Waals surface area contributed by atoms with Crippen molar-refractivity contribution in [1.29, 1.82) is 0 Å². The SMILES string of the molecule is Cc1cccc(-c2[nH]ncc2-c2ccc3c(n2)/C=C\C=C/CC3)n1. The van der Waals surface area contributed by atoms with Crippen LogP contribution in [0.1, 0.15) is 23.4 Å². The van der Waals surface area contributed by atoms with Gasteiger partial charge >= 0.3 is 0 Å². The lowest BCUT2D eigenvalue weighted by atomic mass is 10.0. The number of hydrogen-bond acceptors (Lipinski definition) is 3. The summed E-state index contributed by atoms with van der Waals surface area (Å²) in [6, 6.07) is 10.2. The molecule has 0 spiro atoms. The molecule has 0 amide bonds. The first-order chi connectivity index (χ1) is 11.8. The third-order valence-electron chi connectivity index (χ3n) is 4.15. The van der Waals surface area contributed by atoms with Gasteiger partial charge < -0.3 is 0 Å². The van der Waals surface area contributed by atoms with Gasteiger partial charge in [0.15, 0.2) is 0 Å². The topological polar surface area (TPSA) is 54.5 Å². The highest BCUT2D eigenvalue weighted by molar-refractivity contribution is 5.77. The van der Waals surface area contributed by atoms with E-state index in [-0.39, 0.29) is 0 Å². The zero-order valence-electron chi connectivity index (χ0n) is 13.5. The van der Waals surface area contributed by atoms with Gasteiger partial charge in [0.1, 0.15) is 0 Å². The van der Waals surface area contributed by atoms with Crippen molar-refractivity contribution >= 4 is 6.08 Å². The number of hydrogen-bond donors (Lipinski definition) is 1. The van der Waals surface area contributed by atoms with Crippen molar-refractivity contribution in [3.05, 3.63) is 71.7 Å². The Kier molecular flexibility index (Phi) is 3.79. The number of pyridine rings is 2. The fourth-order valence-corrected chi connectivity index (χ4v) is 2.93. The molecule has 0 fully saturated rings. The molecule has 1 aliphatic carbocycles. The molecular formula is C20H18N4. The summed E-state index contributed by atoms with van der Waals surface area (Å²) in [6.07, 6.45) is 12.3. The molecular weight excluding hydrogens is 296 g/mol. The maximum atomic E-state index is 4.86. The molecule has 4 nitrogen and oxygen atoms in total. The third-order valence-corrected chi connectivity index (χ3v) is 4.15. The Balaban J connectivity index is 1.80. The van der Waals surface area contributed by atoms with E-state index in [0.29, 0.717) is 0 Å². The lowest BCUT2D eigenvalue weighted by Gasteiger charge is -2.09. The van der Waals surface area contributed by atoms with Crippen LogP contribution in [0, 0.1) is 6.92 Å². The molecule has 0 aliphatic heterocycles. The van der Waals surface area contributed by atoms with E-state index in [2.05, 4.69) is 45.5 Å². The maximum absolute atomic E-state index is 4.86. The van der Waals surface area contributed by atoms with E-state index in [4.69, 9.17) is 4.98 Å². The minimum Gasteiger partial charge on any atom is -0.276 e. The Hall–Kier alpha value is -3.01. The van der Waals surface area contributed by atoms with Crippen LogP contribution in [0.15, 0.2) is 54.8 Å². The molecule has 0 aromatic carbocycles. The second-order valence-electron chi connectivity index (χ2n) is 5.89. The smallest absolute Gasteiger partial charge is 0.0928 e. The number of H-pyrrole nitrogens is 1. The fraction of sp³-hybridized carbons (Fsp3) is 0.150. The van der Waals surface area contributed by atoms with Gasteiger partial charge in [-0.3, -0.25) is 10.1 Å². The normalized spacial score (nSPS) is 16.0. The van der Waals surface area contributed by atoms with E-state index < -0.39 is 0 Å². The van der Waals surface area contributed by atoms with E-state index in [0.717, 1.165) is 46.9 Å². The number of fused-ring (bicyclic) bond motifs is 1. The number of aryl methyl sites for hydroxylation is 2. The molecule has 0 bridgehead atoms. The van der Waals surface area contributed by atoms with Crippen LogP contribution in [0.25, 0.3) is 28.7 Å². The molecule has 0 saturated heterocycles. The van der Waals surface area contributed by atoms with Gasteiger partial charge in [0, 0.05) is 11.3 Å². The Morgan fingerprint density at radius 1 is 1.00 bits per heavy atom. The van der Waals surface area contributed by atoms with Crippen molar-refractivity contribution in [2.75, 3.05) is 0 Å². The van der Waals surface area contributed by atoms with Crippen molar-refractivity contribution in [1.82, 2.24) is 20.2 Å². The number of allylic oxidation sites excluding steroid dienone is 3. The zero-order chi connectivity index (χ0) is 16.4. The molecule has 3 heterocycles. The van der Waals surface area contributed by atoms with Crippen molar-refractivity contribution < 1.29 is 0 Å². The third kappa shape index (κ3) is 2.78. The van der Waals surface area contributed by atoms with E-state index >= 15 is 0 Å². The Bertz CT molecular complexity index is 934. The van der Waals surface area contributed by atoms with Crippen molar-refractivity contribution in [3.8, 4) is 22.6 Å². The molecule has 0 saturated carbocycles. The average molecular weight is 314 g/mol. The number of rotatable bonds is 2. The van der Waals surface area contributed by atoms with Crippen LogP contribution in [-0.4, -0.2) is 20.2 Å². The highest BCUT2D eigenvalue weighted by atomic mass is 15.1. The summed E-state index contributed by atoms with van der Waals surface area (Å²) in [5.41, 5.74) is 6.96. The first-order valence-corrected chi connectivity index (χ1v) is 8.12. The van der Waals surface area contributed by atoms with Gasteiger partial charge in [0.2, 0.25) is 0 Å². The highest BCUT2D eigenvalue weighted by Gasteiger charge is 2.14. The highest BCUT2D eigenvalue weighted by Crippen LogP contribution is 2.29. The second-order valence-corrected chi connectivity index (χ2v) is 5.89. The molecule has 0 unspecified atom stereocenters. The van der Waals surface area contributed by atoms with Crippen LogP contribution in [0.5, 0.6) is 0 Å². The van der Waals surface area contributed by atoms with Gasteiger partial charge in [0.25, 0.3) is 0 Å². The quantitative estimate of drug-likeness (QED) is 0.764. The van der Waals surface area contributed by atoms with Crippen LogP contribution in [0.3, 0.4) is 0 Å². The molecule has 4 heteroatoms. The van der Waals surface area contributed by atoms with Crippen LogP contribution in [0.4, 0.5) is 0 Å². The van der Waals surface area contributed by atoms with Gasteiger partial charge in [-0.15, -0.1) is 0 Å². The second kappa shape index (κ2) is 6.24. The summed E-state index contributed by atoms with van der Waals surface area (Å²) in [7, 11) is 0. The van der Waals surface area contributed by atoms with E-state index in [1.165, 1.54) is 5.56 Å². The zero-order valence-corrected chi connectivity index (χ0v) is 13.5. The lowest BCUT2D eigenvalue weighted by molar-refractivity contribution is 0.979. The summed E-state index contributed by atoms with van der Waals surface area (Å²) in [4.78, 5) is 9.45. The Morgan fingerprint density at radius 2 is 1.96 bits per heavy atom. The predicted molar refractivity (Wildman–Crippen MR) is 96.3 cm³/mol. The number of aromatic amines is 1. The van der Waals surface area contributed by atoms with Crippen LogP contribution in [0.2, 0.25) is 0 Å². The van der Waals surface area contributed by atoms with Crippen LogP contribution >= 0.6 is 0 Å². The first kappa shape index (κ1) is 14.6. The standard InChI is InChI=1S/C20H18N4/c1-14-7-6-10-19(22-14)20-16(13-21-24-20)18-12-11-15-8-4-2-3-5-9-17(15)23-18/h2-3,5-7,9-13H,4,8H2,1H3,(H,21,24)/b3-2-,9-5-. The lowest BCUT2D eigenvalue weighted by Crippen LogP contribution is -1.97. The van der Waals surface area contributed by atoms with Crippen molar-refractivity contribution in [2.45, 2.75) is 19.8 Å². The summed E-state index contributed by atoms with van der Waals surface area (Å²) in [5, 5.41) is 7.28. The fourth-order valence-electron chi connectivity index (χ4n) is 2.93. The molecule has 118 valence electrons. The average Bonchev–Trinajstić information content (AvgIpc) is 3.05. The molecule has 1 N–H and O–H groups in total. The molecule has 1 aliphatic rings. The minimum absolute atomic E-state index is 0.884. The molecule has 4 rings (SSSR count). The monoisotopic (exact) mass is 314 g/mol. The summed E-state index contributed by atoms with van der Waals surface area (Å²) in [5.74, 6) is 0. The maximum Gasteiger partial charge on any atom is 0.0928 e. The molecule has 0 radical (unpaired) electrons. The van der Waals surface area contributed by atoms with Crippen molar-refractivity contribution in [3.63, 3.8) is 0 Å². The first-order valence-electron chi connectivity index (χ1n) is 8.12. The van der Waals surface area contributed by atoms with Crippen LogP contribution < -0.4 is 0 Å². The number of nitrogens with one attached hydrogen (secondary N) is 1. The van der Waals surface area contributed by atoms with Gasteiger partial charge in [-0.05, 0) is 49.6 Å². The van der Waals surface area contributed by atoms with Crippen LogP contribution in [-0.2, 0) is 6.42 Å².